The Labute approximate surface area is 184 Å². The summed E-state index contributed by atoms with van der Waals surface area (Å²) in [6.07, 6.45) is 6.88. The van der Waals surface area contributed by atoms with Gasteiger partial charge in [0.2, 0.25) is 11.8 Å². The Morgan fingerprint density at radius 3 is 2.42 bits per heavy atom. The Bertz CT molecular complexity index is 754. The van der Waals surface area contributed by atoms with Crippen molar-refractivity contribution < 1.29 is 19.4 Å². The molecule has 3 unspecified atom stereocenters. The number of rotatable bonds is 12. The number of allylic oxidation sites excluding steroid dienone is 2. The molecule has 1 saturated heterocycles. The smallest absolute Gasteiger partial charge is 0.233 e. The van der Waals surface area contributed by atoms with Gasteiger partial charge in [-0.15, -0.1) is 0 Å². The first-order valence-corrected chi connectivity index (χ1v) is 11.3. The number of carbonyl (C=O) groups excluding carboxylic acids is 2. The highest BCUT2D eigenvalue weighted by Crippen LogP contribution is 2.35. The molecule has 7 heteroatoms. The molecule has 1 aromatic carbocycles. The number of fused-ring (bicyclic) bond motifs is 1. The maximum atomic E-state index is 12.5. The molecule has 2 aliphatic rings. The van der Waals surface area contributed by atoms with E-state index in [0.717, 1.165) is 17.9 Å². The summed E-state index contributed by atoms with van der Waals surface area (Å²) in [6, 6.07) is 7.78. The number of imide groups is 1. The van der Waals surface area contributed by atoms with Crippen LogP contribution in [-0.4, -0.2) is 60.2 Å². The highest BCUT2D eigenvalue weighted by atomic mass is 16.5. The Morgan fingerprint density at radius 1 is 1.10 bits per heavy atom. The third-order valence-corrected chi connectivity index (χ3v) is 5.87. The quantitative estimate of drug-likeness (QED) is 0.269. The standard InChI is InChI=1S/C24H35N3O4/c1-17(2)31-22-11-6-5-10-21(22)26-14-12-18(16-28)25-13-7-15-27-23(29)19-8-3-4-9-20(19)24(27)30/h3-6,10-11,17-20,25-26,28H,7-9,12-16H2,1-2H3. The molecule has 0 radical (unpaired) electrons. The fourth-order valence-electron chi connectivity index (χ4n) is 4.24. The van der Waals surface area contributed by atoms with E-state index in [-0.39, 0.29) is 42.4 Å². The minimum atomic E-state index is -0.163. The minimum absolute atomic E-state index is 0.0236. The van der Waals surface area contributed by atoms with Crippen molar-refractivity contribution in [2.45, 2.75) is 51.7 Å². The van der Waals surface area contributed by atoms with E-state index in [4.69, 9.17) is 4.74 Å². The van der Waals surface area contributed by atoms with E-state index in [9.17, 15) is 14.7 Å². The van der Waals surface area contributed by atoms with Gasteiger partial charge in [0.1, 0.15) is 5.75 Å². The first kappa shape index (κ1) is 23.3. The molecule has 3 N–H and O–H groups in total. The third kappa shape index (κ3) is 6.08. The molecule has 0 spiro atoms. The molecular weight excluding hydrogens is 394 g/mol. The van der Waals surface area contributed by atoms with Crippen LogP contribution in [0.4, 0.5) is 5.69 Å². The van der Waals surface area contributed by atoms with E-state index in [1.165, 1.54) is 4.90 Å². The molecule has 2 amide bonds. The van der Waals surface area contributed by atoms with Crippen molar-refractivity contribution in [1.29, 1.82) is 0 Å². The van der Waals surface area contributed by atoms with Crippen molar-refractivity contribution in [3.63, 3.8) is 0 Å². The Morgan fingerprint density at radius 2 is 1.77 bits per heavy atom. The van der Waals surface area contributed by atoms with Crippen LogP contribution in [-0.2, 0) is 9.59 Å². The van der Waals surface area contributed by atoms with Gasteiger partial charge < -0.3 is 20.5 Å². The number of nitrogens with one attached hydrogen (secondary N) is 2. The summed E-state index contributed by atoms with van der Waals surface area (Å²) < 4.78 is 5.82. The number of hydrogen-bond donors (Lipinski definition) is 3. The van der Waals surface area contributed by atoms with Crippen LogP contribution in [0.25, 0.3) is 0 Å². The summed E-state index contributed by atoms with van der Waals surface area (Å²) in [7, 11) is 0. The van der Waals surface area contributed by atoms with Crippen LogP contribution in [0.2, 0.25) is 0 Å². The van der Waals surface area contributed by atoms with Gasteiger partial charge in [-0.1, -0.05) is 24.3 Å². The maximum Gasteiger partial charge on any atom is 0.233 e. The number of likely N-dealkylation sites (tertiary alicyclic amines) is 1. The van der Waals surface area contributed by atoms with E-state index < -0.39 is 0 Å². The fraction of sp³-hybridized carbons (Fsp3) is 0.583. The van der Waals surface area contributed by atoms with Gasteiger partial charge in [0.15, 0.2) is 0 Å². The van der Waals surface area contributed by atoms with Crippen molar-refractivity contribution in [2.24, 2.45) is 11.8 Å². The third-order valence-electron chi connectivity index (χ3n) is 5.87. The van der Waals surface area contributed by atoms with E-state index in [1.807, 2.05) is 50.3 Å². The number of aliphatic hydroxyl groups is 1. The summed E-state index contributed by atoms with van der Waals surface area (Å²) in [4.78, 5) is 26.4. The molecule has 170 valence electrons. The van der Waals surface area contributed by atoms with E-state index in [1.54, 1.807) is 0 Å². The van der Waals surface area contributed by atoms with Gasteiger partial charge in [-0.3, -0.25) is 14.5 Å². The molecule has 1 aromatic rings. The summed E-state index contributed by atoms with van der Waals surface area (Å²) in [6.45, 7) is 5.80. The Hall–Kier alpha value is -2.38. The average molecular weight is 430 g/mol. The summed E-state index contributed by atoms with van der Waals surface area (Å²) >= 11 is 0. The van der Waals surface area contributed by atoms with Crippen molar-refractivity contribution in [2.75, 3.05) is 31.6 Å². The van der Waals surface area contributed by atoms with E-state index in [0.29, 0.717) is 38.9 Å². The first-order valence-electron chi connectivity index (χ1n) is 11.3. The zero-order valence-corrected chi connectivity index (χ0v) is 18.5. The average Bonchev–Trinajstić information content (AvgIpc) is 3.01. The van der Waals surface area contributed by atoms with Crippen LogP contribution >= 0.6 is 0 Å². The first-order chi connectivity index (χ1) is 15.0. The summed E-state index contributed by atoms with van der Waals surface area (Å²) in [5.74, 6) is 0.448. The lowest BCUT2D eigenvalue weighted by molar-refractivity contribution is -0.139. The van der Waals surface area contributed by atoms with Crippen LogP contribution in [0.5, 0.6) is 5.75 Å². The zero-order valence-electron chi connectivity index (χ0n) is 18.5. The Kier molecular flexibility index (Phi) is 8.49. The second-order valence-electron chi connectivity index (χ2n) is 8.55. The molecule has 3 rings (SSSR count). The van der Waals surface area contributed by atoms with Crippen molar-refractivity contribution in [3.8, 4) is 5.75 Å². The van der Waals surface area contributed by atoms with Gasteiger partial charge >= 0.3 is 0 Å². The van der Waals surface area contributed by atoms with Crippen molar-refractivity contribution in [3.05, 3.63) is 36.4 Å². The highest BCUT2D eigenvalue weighted by Gasteiger charge is 2.46. The molecule has 7 nitrogen and oxygen atoms in total. The molecule has 0 saturated carbocycles. The fourth-order valence-corrected chi connectivity index (χ4v) is 4.24. The maximum absolute atomic E-state index is 12.5. The molecule has 1 fully saturated rings. The molecular formula is C24H35N3O4. The Balaban J connectivity index is 1.38. The molecule has 1 aliphatic carbocycles. The van der Waals surface area contributed by atoms with E-state index in [2.05, 4.69) is 10.6 Å². The number of anilines is 1. The lowest BCUT2D eigenvalue weighted by Crippen LogP contribution is -2.38. The van der Waals surface area contributed by atoms with Crippen LogP contribution < -0.4 is 15.4 Å². The number of nitrogens with zero attached hydrogens (tertiary/aromatic N) is 1. The predicted molar refractivity (Wildman–Crippen MR) is 121 cm³/mol. The topological polar surface area (TPSA) is 90.9 Å². The van der Waals surface area contributed by atoms with E-state index >= 15 is 0 Å². The minimum Gasteiger partial charge on any atom is -0.489 e. The van der Waals surface area contributed by atoms with Gasteiger partial charge in [0.25, 0.3) is 0 Å². The summed E-state index contributed by atoms with van der Waals surface area (Å²) in [5, 5.41) is 16.4. The molecule has 0 bridgehead atoms. The predicted octanol–water partition coefficient (Wildman–Crippen LogP) is 2.57. The van der Waals surface area contributed by atoms with Gasteiger partial charge in [-0.2, -0.15) is 0 Å². The van der Waals surface area contributed by atoms with Gasteiger partial charge in [-0.25, -0.2) is 0 Å². The number of aliphatic hydroxyl groups excluding tert-OH is 1. The largest absolute Gasteiger partial charge is 0.489 e. The number of hydrogen-bond acceptors (Lipinski definition) is 6. The number of benzene rings is 1. The SMILES string of the molecule is CC(C)Oc1ccccc1NCCC(CO)NCCCN1C(=O)C2CC=CCC2C1=O. The molecule has 31 heavy (non-hydrogen) atoms. The number of para-hydroxylation sites is 2. The molecule has 3 atom stereocenters. The lowest BCUT2D eigenvalue weighted by atomic mass is 9.85. The normalized spacial score (nSPS) is 21.5. The molecule has 1 heterocycles. The van der Waals surface area contributed by atoms with Gasteiger partial charge in [-0.05, 0) is 58.2 Å². The lowest BCUT2D eigenvalue weighted by Gasteiger charge is -2.20. The number of amides is 2. The van der Waals surface area contributed by atoms with Crippen LogP contribution in [0, 0.1) is 11.8 Å². The summed E-state index contributed by atoms with van der Waals surface area (Å²) in [5.41, 5.74) is 0.940. The zero-order chi connectivity index (χ0) is 22.2. The number of carbonyl (C=O) groups is 2. The van der Waals surface area contributed by atoms with Gasteiger partial charge in [0.05, 0.1) is 30.2 Å². The van der Waals surface area contributed by atoms with Crippen molar-refractivity contribution in [1.82, 2.24) is 10.2 Å². The monoisotopic (exact) mass is 429 g/mol. The van der Waals surface area contributed by atoms with Crippen LogP contribution in [0.3, 0.4) is 0 Å². The van der Waals surface area contributed by atoms with Gasteiger partial charge in [0, 0.05) is 19.1 Å². The second kappa shape index (κ2) is 11.3. The second-order valence-corrected chi connectivity index (χ2v) is 8.55. The van der Waals surface area contributed by atoms with Crippen molar-refractivity contribution >= 4 is 17.5 Å². The highest BCUT2D eigenvalue weighted by molar-refractivity contribution is 6.05. The molecule has 1 aliphatic heterocycles. The molecule has 0 aromatic heterocycles. The van der Waals surface area contributed by atoms with Crippen LogP contribution in [0.1, 0.15) is 39.5 Å². The van der Waals surface area contributed by atoms with Crippen LogP contribution in [0.15, 0.2) is 36.4 Å². The number of ether oxygens (including phenoxy) is 1.